The molecule has 0 spiro atoms. The van der Waals surface area contributed by atoms with E-state index < -0.39 is 0 Å². The average molecular weight is 335 g/mol. The first-order valence-corrected chi connectivity index (χ1v) is 9.67. The largest absolute Gasteiger partial charge is 0.381 e. The van der Waals surface area contributed by atoms with Gasteiger partial charge in [-0.25, -0.2) is 0 Å². The van der Waals surface area contributed by atoms with E-state index in [1.54, 1.807) is 0 Å². The van der Waals surface area contributed by atoms with Crippen molar-refractivity contribution in [1.82, 2.24) is 0 Å². The molecule has 116 valence electrons. The number of rotatable bonds is 16. The summed E-state index contributed by atoms with van der Waals surface area (Å²) in [6.07, 6.45) is 17.8. The van der Waals surface area contributed by atoms with E-state index in [9.17, 15) is 0 Å². The molecule has 0 aromatic rings. The van der Waals surface area contributed by atoms with Crippen LogP contribution in [-0.2, 0) is 4.74 Å². The van der Waals surface area contributed by atoms with Gasteiger partial charge in [0.15, 0.2) is 0 Å². The predicted octanol–water partition coefficient (Wildman–Crippen LogP) is 6.49. The van der Waals surface area contributed by atoms with Crippen LogP contribution in [0.5, 0.6) is 0 Å². The Bertz CT molecular complexity index is 134. The summed E-state index contributed by atoms with van der Waals surface area (Å²) in [5, 5.41) is 1.17. The van der Waals surface area contributed by atoms with Crippen molar-refractivity contribution >= 4 is 15.9 Å². The number of halogens is 1. The summed E-state index contributed by atoms with van der Waals surface area (Å²) in [4.78, 5) is 0. The van der Waals surface area contributed by atoms with Crippen molar-refractivity contribution in [1.29, 1.82) is 0 Å². The predicted molar refractivity (Wildman–Crippen MR) is 90.3 cm³/mol. The Morgan fingerprint density at radius 3 is 1.47 bits per heavy atom. The lowest BCUT2D eigenvalue weighted by atomic mass is 10.1. The number of ether oxygens (including phenoxy) is 1. The SMILES string of the molecule is CCCCCOCCCCCCCCCCCCBr. The monoisotopic (exact) mass is 334 g/mol. The second-order valence-electron chi connectivity index (χ2n) is 5.54. The fourth-order valence-electron chi connectivity index (χ4n) is 2.27. The van der Waals surface area contributed by atoms with Crippen LogP contribution in [0.15, 0.2) is 0 Å². The van der Waals surface area contributed by atoms with Gasteiger partial charge in [0.25, 0.3) is 0 Å². The molecule has 0 heterocycles. The van der Waals surface area contributed by atoms with Gasteiger partial charge in [-0.05, 0) is 19.3 Å². The van der Waals surface area contributed by atoms with E-state index in [1.807, 2.05) is 0 Å². The molecule has 0 saturated heterocycles. The standard InChI is InChI=1S/C17H35BrO/c1-2-3-13-16-19-17-14-11-9-7-5-4-6-8-10-12-15-18/h2-17H2,1H3. The topological polar surface area (TPSA) is 9.23 Å². The summed E-state index contributed by atoms with van der Waals surface area (Å²) in [6, 6.07) is 0. The van der Waals surface area contributed by atoms with E-state index in [0.717, 1.165) is 13.2 Å². The molecule has 0 N–H and O–H groups in total. The van der Waals surface area contributed by atoms with Crippen LogP contribution in [-0.4, -0.2) is 18.5 Å². The zero-order valence-electron chi connectivity index (χ0n) is 13.1. The van der Waals surface area contributed by atoms with Gasteiger partial charge in [0.1, 0.15) is 0 Å². The fourth-order valence-corrected chi connectivity index (χ4v) is 2.67. The number of alkyl halides is 1. The minimum Gasteiger partial charge on any atom is -0.381 e. The summed E-state index contributed by atoms with van der Waals surface area (Å²) in [5.41, 5.74) is 0. The van der Waals surface area contributed by atoms with E-state index in [2.05, 4.69) is 22.9 Å². The zero-order chi connectivity index (χ0) is 14.0. The van der Waals surface area contributed by atoms with Crippen LogP contribution >= 0.6 is 15.9 Å². The number of hydrogen-bond acceptors (Lipinski definition) is 1. The summed E-state index contributed by atoms with van der Waals surface area (Å²) in [7, 11) is 0. The van der Waals surface area contributed by atoms with Gasteiger partial charge in [-0.1, -0.05) is 87.1 Å². The van der Waals surface area contributed by atoms with Crippen molar-refractivity contribution in [3.05, 3.63) is 0 Å². The zero-order valence-corrected chi connectivity index (χ0v) is 14.7. The Hall–Kier alpha value is 0.440. The molecule has 0 aliphatic heterocycles. The van der Waals surface area contributed by atoms with Crippen molar-refractivity contribution in [3.8, 4) is 0 Å². The maximum atomic E-state index is 5.61. The highest BCUT2D eigenvalue weighted by molar-refractivity contribution is 9.09. The molecule has 0 amide bonds. The highest BCUT2D eigenvalue weighted by Crippen LogP contribution is 2.11. The second kappa shape index (κ2) is 18.4. The van der Waals surface area contributed by atoms with Gasteiger partial charge < -0.3 is 4.74 Å². The molecule has 0 bridgehead atoms. The van der Waals surface area contributed by atoms with Gasteiger partial charge in [-0.2, -0.15) is 0 Å². The average Bonchev–Trinajstić information content (AvgIpc) is 2.43. The first kappa shape index (κ1) is 19.4. The molecule has 0 unspecified atom stereocenters. The van der Waals surface area contributed by atoms with Crippen LogP contribution in [0.1, 0.15) is 90.4 Å². The lowest BCUT2D eigenvalue weighted by Gasteiger charge is -2.04. The van der Waals surface area contributed by atoms with E-state index in [4.69, 9.17) is 4.74 Å². The summed E-state index contributed by atoms with van der Waals surface area (Å²) >= 11 is 3.48. The molecule has 0 aromatic carbocycles. The van der Waals surface area contributed by atoms with E-state index in [0.29, 0.717) is 0 Å². The Morgan fingerprint density at radius 2 is 1.00 bits per heavy atom. The fraction of sp³-hybridized carbons (Fsp3) is 1.00. The molecule has 0 fully saturated rings. The normalized spacial score (nSPS) is 11.1. The third kappa shape index (κ3) is 18.4. The minimum absolute atomic E-state index is 0.974. The molecule has 0 atom stereocenters. The maximum Gasteiger partial charge on any atom is 0.0466 e. The minimum atomic E-state index is 0.974. The third-order valence-corrected chi connectivity index (χ3v) is 4.13. The summed E-state index contributed by atoms with van der Waals surface area (Å²) in [6.45, 7) is 4.19. The Labute approximate surface area is 130 Å². The molecule has 0 aliphatic rings. The van der Waals surface area contributed by atoms with Gasteiger partial charge in [0.2, 0.25) is 0 Å². The summed E-state index contributed by atoms with van der Waals surface area (Å²) in [5.74, 6) is 0. The van der Waals surface area contributed by atoms with Gasteiger partial charge in [-0.15, -0.1) is 0 Å². The Kier molecular flexibility index (Phi) is 18.9. The molecule has 0 saturated carbocycles. The molecule has 1 nitrogen and oxygen atoms in total. The molecular weight excluding hydrogens is 300 g/mol. The Morgan fingerprint density at radius 1 is 0.579 bits per heavy atom. The highest BCUT2D eigenvalue weighted by Gasteiger charge is 1.93. The van der Waals surface area contributed by atoms with Gasteiger partial charge in [0.05, 0.1) is 0 Å². The molecule has 0 aromatic heterocycles. The number of hydrogen-bond donors (Lipinski definition) is 0. The first-order valence-electron chi connectivity index (χ1n) is 8.55. The van der Waals surface area contributed by atoms with Gasteiger partial charge in [-0.3, -0.25) is 0 Å². The van der Waals surface area contributed by atoms with Crippen LogP contribution in [0.2, 0.25) is 0 Å². The highest BCUT2D eigenvalue weighted by atomic mass is 79.9. The molecule has 0 radical (unpaired) electrons. The molecule has 0 aliphatic carbocycles. The first-order chi connectivity index (χ1) is 9.41. The van der Waals surface area contributed by atoms with Crippen molar-refractivity contribution in [3.63, 3.8) is 0 Å². The van der Waals surface area contributed by atoms with Crippen LogP contribution in [0, 0.1) is 0 Å². The quantitative estimate of drug-likeness (QED) is 0.231. The van der Waals surface area contributed by atoms with Crippen molar-refractivity contribution in [2.45, 2.75) is 90.4 Å². The van der Waals surface area contributed by atoms with Crippen molar-refractivity contribution in [2.24, 2.45) is 0 Å². The van der Waals surface area contributed by atoms with E-state index >= 15 is 0 Å². The van der Waals surface area contributed by atoms with Gasteiger partial charge in [0, 0.05) is 18.5 Å². The maximum absolute atomic E-state index is 5.61. The smallest absolute Gasteiger partial charge is 0.0466 e. The molecule has 2 heteroatoms. The number of unbranched alkanes of at least 4 members (excludes halogenated alkanes) is 11. The van der Waals surface area contributed by atoms with E-state index in [1.165, 1.54) is 88.8 Å². The molecular formula is C17H35BrO. The second-order valence-corrected chi connectivity index (χ2v) is 6.34. The van der Waals surface area contributed by atoms with Gasteiger partial charge >= 0.3 is 0 Å². The Balaban J connectivity index is 2.88. The third-order valence-electron chi connectivity index (χ3n) is 3.56. The molecule has 19 heavy (non-hydrogen) atoms. The summed E-state index contributed by atoms with van der Waals surface area (Å²) < 4.78 is 5.61. The molecule has 0 rings (SSSR count). The van der Waals surface area contributed by atoms with Crippen molar-refractivity contribution in [2.75, 3.05) is 18.5 Å². The van der Waals surface area contributed by atoms with E-state index in [-0.39, 0.29) is 0 Å². The van der Waals surface area contributed by atoms with Crippen LogP contribution in [0.4, 0.5) is 0 Å². The lowest BCUT2D eigenvalue weighted by Crippen LogP contribution is -1.96. The van der Waals surface area contributed by atoms with Crippen LogP contribution < -0.4 is 0 Å². The lowest BCUT2D eigenvalue weighted by molar-refractivity contribution is 0.126. The van der Waals surface area contributed by atoms with Crippen LogP contribution in [0.3, 0.4) is 0 Å². The van der Waals surface area contributed by atoms with Crippen LogP contribution in [0.25, 0.3) is 0 Å². The van der Waals surface area contributed by atoms with Crippen molar-refractivity contribution < 1.29 is 4.74 Å².